The van der Waals surface area contributed by atoms with Crippen molar-refractivity contribution in [2.75, 3.05) is 5.32 Å². The van der Waals surface area contributed by atoms with E-state index in [-0.39, 0.29) is 24.4 Å². The molecule has 1 atom stereocenters. The minimum absolute atomic E-state index is 0.0486. The highest BCUT2D eigenvalue weighted by molar-refractivity contribution is 5.67. The number of carboxylic acid groups (broad SMARTS) is 1. The summed E-state index contributed by atoms with van der Waals surface area (Å²) >= 11 is 0. The molecule has 1 aliphatic heterocycles. The Morgan fingerprint density at radius 1 is 1.44 bits per heavy atom. The molecular weight excluding hydrogens is 247 g/mol. The second kappa shape index (κ2) is 4.51. The van der Waals surface area contributed by atoms with E-state index in [9.17, 15) is 18.0 Å². The Hall–Kier alpha value is -1.72. The quantitative estimate of drug-likeness (QED) is 0.877. The van der Waals surface area contributed by atoms with Gasteiger partial charge in [-0.05, 0) is 30.5 Å². The van der Waals surface area contributed by atoms with Gasteiger partial charge in [0, 0.05) is 18.2 Å². The van der Waals surface area contributed by atoms with Crippen LogP contribution in [-0.4, -0.2) is 17.1 Å². The molecule has 1 aromatic rings. The first-order valence-electron chi connectivity index (χ1n) is 5.55. The normalized spacial score (nSPS) is 18.3. The Kier molecular flexibility index (Phi) is 3.19. The third kappa shape index (κ3) is 2.57. The molecule has 2 N–H and O–H groups in total. The van der Waals surface area contributed by atoms with Gasteiger partial charge in [-0.3, -0.25) is 4.79 Å². The number of carboxylic acids is 1. The van der Waals surface area contributed by atoms with E-state index in [0.29, 0.717) is 12.1 Å². The van der Waals surface area contributed by atoms with Crippen LogP contribution in [0.3, 0.4) is 0 Å². The molecule has 0 radical (unpaired) electrons. The van der Waals surface area contributed by atoms with E-state index in [1.165, 1.54) is 6.07 Å². The topological polar surface area (TPSA) is 49.3 Å². The van der Waals surface area contributed by atoms with Crippen molar-refractivity contribution in [3.8, 4) is 0 Å². The average Bonchev–Trinajstić information content (AvgIpc) is 2.66. The smallest absolute Gasteiger partial charge is 0.416 e. The van der Waals surface area contributed by atoms with Crippen LogP contribution in [0.4, 0.5) is 18.9 Å². The summed E-state index contributed by atoms with van der Waals surface area (Å²) < 4.78 is 38.3. The number of hydrogen-bond donors (Lipinski definition) is 2. The Balaban J connectivity index is 2.17. The molecule has 1 heterocycles. The van der Waals surface area contributed by atoms with Crippen LogP contribution in [0.15, 0.2) is 18.2 Å². The van der Waals surface area contributed by atoms with E-state index in [0.717, 1.165) is 6.07 Å². The largest absolute Gasteiger partial charge is 0.481 e. The predicted molar refractivity (Wildman–Crippen MR) is 59.4 cm³/mol. The highest BCUT2D eigenvalue weighted by Crippen LogP contribution is 2.39. The summed E-state index contributed by atoms with van der Waals surface area (Å²) in [4.78, 5) is 10.4. The van der Waals surface area contributed by atoms with Crippen molar-refractivity contribution in [1.29, 1.82) is 0 Å². The molecule has 0 spiro atoms. The maximum atomic E-state index is 12.8. The molecule has 0 bridgehead atoms. The molecule has 0 aliphatic carbocycles. The Morgan fingerprint density at radius 2 is 2.17 bits per heavy atom. The van der Waals surface area contributed by atoms with E-state index in [2.05, 4.69) is 5.32 Å². The zero-order valence-corrected chi connectivity index (χ0v) is 9.42. The molecule has 0 saturated carbocycles. The van der Waals surface area contributed by atoms with E-state index >= 15 is 0 Å². The van der Waals surface area contributed by atoms with Gasteiger partial charge in [-0.15, -0.1) is 0 Å². The van der Waals surface area contributed by atoms with Gasteiger partial charge in [0.25, 0.3) is 0 Å². The Labute approximate surface area is 102 Å². The van der Waals surface area contributed by atoms with Gasteiger partial charge in [-0.2, -0.15) is 13.2 Å². The third-order valence-corrected chi connectivity index (χ3v) is 3.00. The maximum Gasteiger partial charge on any atom is 0.416 e. The van der Waals surface area contributed by atoms with Crippen LogP contribution < -0.4 is 5.32 Å². The molecular formula is C12H12F3NO2. The molecule has 0 aromatic heterocycles. The number of carbonyl (C=O) groups is 1. The van der Waals surface area contributed by atoms with E-state index in [1.807, 2.05) is 0 Å². The van der Waals surface area contributed by atoms with Crippen molar-refractivity contribution in [3.63, 3.8) is 0 Å². The van der Waals surface area contributed by atoms with Gasteiger partial charge in [0.1, 0.15) is 0 Å². The second-order valence-corrected chi connectivity index (χ2v) is 4.31. The fourth-order valence-corrected chi connectivity index (χ4v) is 2.20. The van der Waals surface area contributed by atoms with Gasteiger partial charge in [0.05, 0.1) is 5.56 Å². The molecule has 18 heavy (non-hydrogen) atoms. The first kappa shape index (κ1) is 12.7. The van der Waals surface area contributed by atoms with Crippen LogP contribution in [0.5, 0.6) is 0 Å². The van der Waals surface area contributed by atoms with Gasteiger partial charge in [0.15, 0.2) is 0 Å². The molecule has 1 aromatic carbocycles. The number of fused-ring (bicyclic) bond motifs is 1. The Bertz CT molecular complexity index is 471. The lowest BCUT2D eigenvalue weighted by Gasteiger charge is -2.10. The fourth-order valence-electron chi connectivity index (χ4n) is 2.20. The van der Waals surface area contributed by atoms with Crippen LogP contribution in [0.2, 0.25) is 0 Å². The van der Waals surface area contributed by atoms with Gasteiger partial charge >= 0.3 is 12.1 Å². The minimum atomic E-state index is -4.37. The monoisotopic (exact) mass is 259 g/mol. The number of benzene rings is 1. The molecule has 6 heteroatoms. The zero-order valence-electron chi connectivity index (χ0n) is 9.42. The number of nitrogens with one attached hydrogen (secondary N) is 1. The van der Waals surface area contributed by atoms with Crippen LogP contribution in [0, 0.1) is 0 Å². The van der Waals surface area contributed by atoms with Crippen molar-refractivity contribution in [3.05, 3.63) is 29.3 Å². The first-order valence-corrected chi connectivity index (χ1v) is 5.55. The van der Waals surface area contributed by atoms with Gasteiger partial charge in [-0.1, -0.05) is 6.07 Å². The molecule has 0 fully saturated rings. The van der Waals surface area contributed by atoms with Crippen LogP contribution >= 0.6 is 0 Å². The van der Waals surface area contributed by atoms with Crippen molar-refractivity contribution in [1.82, 2.24) is 0 Å². The van der Waals surface area contributed by atoms with Crippen molar-refractivity contribution in [2.45, 2.75) is 31.5 Å². The summed E-state index contributed by atoms with van der Waals surface area (Å²) in [5.74, 6) is -0.941. The fraction of sp³-hybridized carbons (Fsp3) is 0.417. The SMILES string of the molecule is O=C(O)CCC1Cc2c(cccc2C(F)(F)F)N1. The lowest BCUT2D eigenvalue weighted by atomic mass is 10.0. The molecule has 2 rings (SSSR count). The molecule has 98 valence electrons. The average molecular weight is 259 g/mol. The Morgan fingerprint density at radius 3 is 2.78 bits per heavy atom. The third-order valence-electron chi connectivity index (χ3n) is 3.00. The molecule has 3 nitrogen and oxygen atoms in total. The second-order valence-electron chi connectivity index (χ2n) is 4.31. The number of rotatable bonds is 3. The molecule has 0 saturated heterocycles. The van der Waals surface area contributed by atoms with Gasteiger partial charge in [0.2, 0.25) is 0 Å². The highest BCUT2D eigenvalue weighted by Gasteiger charge is 2.36. The maximum absolute atomic E-state index is 12.8. The van der Waals surface area contributed by atoms with Crippen molar-refractivity contribution < 1.29 is 23.1 Å². The summed E-state index contributed by atoms with van der Waals surface area (Å²) in [5.41, 5.74) is 0.0610. The lowest BCUT2D eigenvalue weighted by Crippen LogP contribution is -2.17. The standard InChI is InChI=1S/C12H12F3NO2/c13-12(14,15)9-2-1-3-10-8(9)6-7(16-10)4-5-11(17)18/h1-3,7,16H,4-6H2,(H,17,18). The van der Waals surface area contributed by atoms with E-state index in [1.54, 1.807) is 6.07 Å². The van der Waals surface area contributed by atoms with E-state index in [4.69, 9.17) is 5.11 Å². The van der Waals surface area contributed by atoms with Gasteiger partial charge < -0.3 is 10.4 Å². The highest BCUT2D eigenvalue weighted by atomic mass is 19.4. The number of alkyl halides is 3. The van der Waals surface area contributed by atoms with E-state index < -0.39 is 17.7 Å². The van der Waals surface area contributed by atoms with Gasteiger partial charge in [-0.25, -0.2) is 0 Å². The summed E-state index contributed by atoms with van der Waals surface area (Å²) in [6, 6.07) is 3.76. The summed E-state index contributed by atoms with van der Waals surface area (Å²) in [7, 11) is 0. The van der Waals surface area contributed by atoms with Crippen molar-refractivity contribution >= 4 is 11.7 Å². The lowest BCUT2D eigenvalue weighted by molar-refractivity contribution is -0.138. The molecule has 0 amide bonds. The predicted octanol–water partition coefficient (Wildman–Crippen LogP) is 2.91. The van der Waals surface area contributed by atoms with Crippen LogP contribution in [0.1, 0.15) is 24.0 Å². The number of anilines is 1. The number of aliphatic carboxylic acids is 1. The van der Waals surface area contributed by atoms with Crippen LogP contribution in [0.25, 0.3) is 0 Å². The van der Waals surface area contributed by atoms with Crippen LogP contribution in [-0.2, 0) is 17.4 Å². The summed E-state index contributed by atoms with van der Waals surface area (Å²) in [5, 5.41) is 11.5. The summed E-state index contributed by atoms with van der Waals surface area (Å²) in [6.07, 6.45) is -3.87. The minimum Gasteiger partial charge on any atom is -0.481 e. The first-order chi connectivity index (χ1) is 8.38. The zero-order chi connectivity index (χ0) is 13.3. The number of halogens is 3. The molecule has 1 unspecified atom stereocenters. The summed E-state index contributed by atoms with van der Waals surface area (Å²) in [6.45, 7) is 0. The molecule has 1 aliphatic rings. The van der Waals surface area contributed by atoms with Crippen molar-refractivity contribution in [2.24, 2.45) is 0 Å². The number of hydrogen-bond acceptors (Lipinski definition) is 2.